The fraction of sp³-hybridized carbons (Fsp3) is 0.625. The number of aryl methyl sites for hydroxylation is 1. The number of hydrogen-bond donors (Lipinski definition) is 1. The first-order valence-corrected chi connectivity index (χ1v) is 7.54. The van der Waals surface area contributed by atoms with Gasteiger partial charge in [0.25, 0.3) is 0 Å². The van der Waals surface area contributed by atoms with Crippen molar-refractivity contribution in [3.8, 4) is 0 Å². The number of rotatable bonds is 6. The molecule has 0 amide bonds. The molecule has 2 rings (SSSR count). The van der Waals surface area contributed by atoms with E-state index in [-0.39, 0.29) is 0 Å². The molecule has 1 aliphatic rings. The molecule has 1 fully saturated rings. The summed E-state index contributed by atoms with van der Waals surface area (Å²) >= 11 is 0. The van der Waals surface area contributed by atoms with Crippen LogP contribution < -0.4 is 5.32 Å². The van der Waals surface area contributed by atoms with Gasteiger partial charge >= 0.3 is 6.18 Å². The predicted octanol–water partition coefficient (Wildman–Crippen LogP) is 3.22. The maximum atomic E-state index is 12.3. The Morgan fingerprint density at radius 3 is 2.48 bits per heavy atom. The molecule has 1 saturated heterocycles. The molecule has 0 aromatic heterocycles. The summed E-state index contributed by atoms with van der Waals surface area (Å²) in [7, 11) is 0. The number of halogens is 3. The van der Waals surface area contributed by atoms with Crippen LogP contribution in [0.5, 0.6) is 0 Å². The molecule has 1 N–H and O–H groups in total. The number of nitrogens with one attached hydrogen (secondary N) is 1. The average molecular weight is 300 g/mol. The summed E-state index contributed by atoms with van der Waals surface area (Å²) in [4.78, 5) is 1.50. The van der Waals surface area contributed by atoms with Crippen LogP contribution in [0.15, 0.2) is 24.3 Å². The van der Waals surface area contributed by atoms with E-state index >= 15 is 0 Å². The van der Waals surface area contributed by atoms with Gasteiger partial charge in [-0.05, 0) is 43.0 Å². The van der Waals surface area contributed by atoms with Crippen molar-refractivity contribution in [1.82, 2.24) is 10.2 Å². The third kappa shape index (κ3) is 5.67. The number of alkyl halides is 3. The zero-order chi connectivity index (χ0) is 15.3. The summed E-state index contributed by atoms with van der Waals surface area (Å²) in [5.74, 6) is 0.322. The van der Waals surface area contributed by atoms with Gasteiger partial charge in [-0.25, -0.2) is 0 Å². The fourth-order valence-electron chi connectivity index (χ4n) is 2.79. The number of hydrogen-bond acceptors (Lipinski definition) is 2. The molecule has 2 nitrogen and oxygen atoms in total. The van der Waals surface area contributed by atoms with Gasteiger partial charge in [0, 0.05) is 13.1 Å². The Labute approximate surface area is 124 Å². The smallest absolute Gasteiger partial charge is 0.312 e. The minimum absolute atomic E-state index is 0.322. The highest BCUT2D eigenvalue weighted by molar-refractivity contribution is 5.22. The lowest BCUT2D eigenvalue weighted by Crippen LogP contribution is -2.33. The Morgan fingerprint density at radius 1 is 1.19 bits per heavy atom. The van der Waals surface area contributed by atoms with Crippen molar-refractivity contribution < 1.29 is 13.2 Å². The summed E-state index contributed by atoms with van der Waals surface area (Å²) in [6.07, 6.45) is -2.20. The lowest BCUT2D eigenvalue weighted by atomic mass is 10.1. The highest BCUT2D eigenvalue weighted by Crippen LogP contribution is 2.22. The Bertz CT molecular complexity index is 428. The molecule has 21 heavy (non-hydrogen) atoms. The van der Waals surface area contributed by atoms with Crippen molar-refractivity contribution in [3.63, 3.8) is 0 Å². The first-order valence-electron chi connectivity index (χ1n) is 7.54. The molecule has 5 heteroatoms. The lowest BCUT2D eigenvalue weighted by Gasteiger charge is -2.18. The highest BCUT2D eigenvalue weighted by Gasteiger charge is 2.34. The van der Waals surface area contributed by atoms with Crippen LogP contribution in [0.3, 0.4) is 0 Å². The molecule has 1 aromatic carbocycles. The van der Waals surface area contributed by atoms with E-state index in [4.69, 9.17) is 0 Å². The molecular formula is C16H23F3N2. The van der Waals surface area contributed by atoms with E-state index < -0.39 is 12.7 Å². The molecule has 0 saturated carbocycles. The molecule has 0 bridgehead atoms. The number of nitrogens with zero attached hydrogens (tertiary/aromatic N) is 1. The second-order valence-corrected chi connectivity index (χ2v) is 5.81. The van der Waals surface area contributed by atoms with E-state index in [0.717, 1.165) is 25.9 Å². The molecule has 0 aliphatic carbocycles. The summed E-state index contributed by atoms with van der Waals surface area (Å²) in [6.45, 7) is 4.00. The quantitative estimate of drug-likeness (QED) is 0.868. The standard InChI is InChI=1S/C16H23F3N2/c1-2-13-3-5-14(6-4-13)9-20-10-15-7-8-21(11-15)12-16(17,18)19/h3-6,15,20H,2,7-12H2,1H3. The molecule has 118 valence electrons. The monoisotopic (exact) mass is 300 g/mol. The van der Waals surface area contributed by atoms with E-state index in [0.29, 0.717) is 19.0 Å². The van der Waals surface area contributed by atoms with Crippen LogP contribution in [-0.2, 0) is 13.0 Å². The summed E-state index contributed by atoms with van der Waals surface area (Å²) in [5, 5.41) is 3.36. The zero-order valence-electron chi connectivity index (χ0n) is 12.4. The summed E-state index contributed by atoms with van der Waals surface area (Å²) < 4.78 is 36.9. The summed E-state index contributed by atoms with van der Waals surface area (Å²) in [6, 6.07) is 8.46. The minimum Gasteiger partial charge on any atom is -0.312 e. The molecular weight excluding hydrogens is 277 g/mol. The first kappa shape index (κ1) is 16.3. The van der Waals surface area contributed by atoms with Crippen LogP contribution in [0.4, 0.5) is 13.2 Å². The second-order valence-electron chi connectivity index (χ2n) is 5.81. The lowest BCUT2D eigenvalue weighted by molar-refractivity contribution is -0.143. The van der Waals surface area contributed by atoms with Gasteiger partial charge in [0.15, 0.2) is 0 Å². The average Bonchev–Trinajstić information content (AvgIpc) is 2.85. The molecule has 1 aromatic rings. The summed E-state index contributed by atoms with van der Waals surface area (Å²) in [5.41, 5.74) is 2.54. The van der Waals surface area contributed by atoms with Crippen molar-refractivity contribution in [1.29, 1.82) is 0 Å². The number of benzene rings is 1. The van der Waals surface area contributed by atoms with Crippen molar-refractivity contribution in [2.45, 2.75) is 32.5 Å². The van der Waals surface area contributed by atoms with Gasteiger partial charge in [-0.15, -0.1) is 0 Å². The van der Waals surface area contributed by atoms with Gasteiger partial charge in [-0.2, -0.15) is 13.2 Å². The molecule has 0 spiro atoms. The largest absolute Gasteiger partial charge is 0.401 e. The number of likely N-dealkylation sites (tertiary alicyclic amines) is 1. The van der Waals surface area contributed by atoms with Crippen LogP contribution in [0.25, 0.3) is 0 Å². The van der Waals surface area contributed by atoms with Crippen LogP contribution in [-0.4, -0.2) is 37.3 Å². The maximum Gasteiger partial charge on any atom is 0.401 e. The van der Waals surface area contributed by atoms with Gasteiger partial charge in [0.1, 0.15) is 0 Å². The Kier molecular flexibility index (Phi) is 5.65. The van der Waals surface area contributed by atoms with E-state index in [9.17, 15) is 13.2 Å². The van der Waals surface area contributed by atoms with Crippen LogP contribution >= 0.6 is 0 Å². The van der Waals surface area contributed by atoms with E-state index in [1.165, 1.54) is 16.0 Å². The van der Waals surface area contributed by atoms with Gasteiger partial charge in [-0.3, -0.25) is 4.90 Å². The van der Waals surface area contributed by atoms with E-state index in [2.05, 4.69) is 36.5 Å². The van der Waals surface area contributed by atoms with Crippen LogP contribution in [0.2, 0.25) is 0 Å². The van der Waals surface area contributed by atoms with Gasteiger partial charge < -0.3 is 5.32 Å². The van der Waals surface area contributed by atoms with Crippen molar-refractivity contribution in [3.05, 3.63) is 35.4 Å². The Hall–Kier alpha value is -1.07. The van der Waals surface area contributed by atoms with E-state index in [1.807, 2.05) is 0 Å². The van der Waals surface area contributed by atoms with Gasteiger partial charge in [0.2, 0.25) is 0 Å². The third-order valence-electron chi connectivity index (χ3n) is 3.97. The second kappa shape index (κ2) is 7.27. The van der Waals surface area contributed by atoms with E-state index in [1.54, 1.807) is 0 Å². The highest BCUT2D eigenvalue weighted by atomic mass is 19.4. The van der Waals surface area contributed by atoms with Crippen LogP contribution in [0.1, 0.15) is 24.5 Å². The molecule has 1 aliphatic heterocycles. The van der Waals surface area contributed by atoms with Crippen molar-refractivity contribution in [2.24, 2.45) is 5.92 Å². The van der Waals surface area contributed by atoms with Crippen molar-refractivity contribution in [2.75, 3.05) is 26.2 Å². The fourth-order valence-corrected chi connectivity index (χ4v) is 2.79. The van der Waals surface area contributed by atoms with Gasteiger partial charge in [0.05, 0.1) is 6.54 Å². The third-order valence-corrected chi connectivity index (χ3v) is 3.97. The predicted molar refractivity (Wildman–Crippen MR) is 78.1 cm³/mol. The first-order chi connectivity index (χ1) is 9.96. The SMILES string of the molecule is CCc1ccc(CNCC2CCN(CC(F)(F)F)C2)cc1. The molecule has 1 heterocycles. The normalized spacial score (nSPS) is 20.1. The van der Waals surface area contributed by atoms with Crippen molar-refractivity contribution >= 4 is 0 Å². The zero-order valence-corrected chi connectivity index (χ0v) is 12.4. The maximum absolute atomic E-state index is 12.3. The Morgan fingerprint density at radius 2 is 1.86 bits per heavy atom. The molecule has 0 radical (unpaired) electrons. The minimum atomic E-state index is -4.08. The van der Waals surface area contributed by atoms with Crippen LogP contribution in [0, 0.1) is 5.92 Å². The van der Waals surface area contributed by atoms with Gasteiger partial charge in [-0.1, -0.05) is 31.2 Å². The molecule has 1 atom stereocenters. The Balaban J connectivity index is 1.67. The molecule has 1 unspecified atom stereocenters. The topological polar surface area (TPSA) is 15.3 Å².